The van der Waals surface area contributed by atoms with Gasteiger partial charge in [0, 0.05) is 38.1 Å². The van der Waals surface area contributed by atoms with Gasteiger partial charge in [-0.05, 0) is 23.8 Å². The van der Waals surface area contributed by atoms with Crippen LogP contribution in [0.5, 0.6) is 0 Å². The molecule has 0 aliphatic carbocycles. The average Bonchev–Trinajstić information content (AvgIpc) is 2.46. The highest BCUT2D eigenvalue weighted by atomic mass is 16.3. The van der Waals surface area contributed by atoms with Gasteiger partial charge in [0.25, 0.3) is 0 Å². The summed E-state index contributed by atoms with van der Waals surface area (Å²) in [6.45, 7) is 0. The smallest absolute Gasteiger partial charge is 0.106 e. The summed E-state index contributed by atoms with van der Waals surface area (Å²) in [5.74, 6) is 0. The number of nitrogens with zero attached hydrogens (tertiary/aromatic N) is 1. The molecule has 0 saturated carbocycles. The number of rotatable bonds is 4. The minimum atomic E-state index is -0.607. The molecule has 0 aromatic heterocycles. The van der Waals surface area contributed by atoms with Crippen LogP contribution in [0.25, 0.3) is 0 Å². The molecule has 3 nitrogen and oxygen atoms in total. The van der Waals surface area contributed by atoms with Crippen LogP contribution in [0.3, 0.4) is 0 Å². The summed E-state index contributed by atoms with van der Waals surface area (Å²) in [6, 6.07) is 15.7. The van der Waals surface area contributed by atoms with E-state index in [0.717, 1.165) is 22.5 Å². The zero-order valence-corrected chi connectivity index (χ0v) is 11.6. The molecule has 3 heteroatoms. The van der Waals surface area contributed by atoms with Gasteiger partial charge in [-0.3, -0.25) is 0 Å². The van der Waals surface area contributed by atoms with Gasteiger partial charge in [-0.25, -0.2) is 0 Å². The van der Waals surface area contributed by atoms with Gasteiger partial charge in [0.2, 0.25) is 0 Å². The van der Waals surface area contributed by atoms with E-state index in [9.17, 15) is 5.11 Å². The Morgan fingerprint density at radius 1 is 1.00 bits per heavy atom. The summed E-state index contributed by atoms with van der Waals surface area (Å²) >= 11 is 0. The Hall–Kier alpha value is -2.00. The van der Waals surface area contributed by atoms with E-state index < -0.39 is 6.10 Å². The molecule has 1 atom stereocenters. The van der Waals surface area contributed by atoms with E-state index >= 15 is 0 Å². The first kappa shape index (κ1) is 13.4. The molecule has 0 saturated heterocycles. The number of aliphatic hydroxyl groups is 1. The Morgan fingerprint density at radius 2 is 1.63 bits per heavy atom. The van der Waals surface area contributed by atoms with Crippen LogP contribution in [0.2, 0.25) is 0 Å². The Labute approximate surface area is 114 Å². The van der Waals surface area contributed by atoms with E-state index in [0.29, 0.717) is 0 Å². The van der Waals surface area contributed by atoms with Crippen molar-refractivity contribution in [3.63, 3.8) is 0 Å². The van der Waals surface area contributed by atoms with Crippen molar-refractivity contribution in [3.05, 3.63) is 59.7 Å². The van der Waals surface area contributed by atoms with E-state index in [4.69, 9.17) is 0 Å². The lowest BCUT2D eigenvalue weighted by molar-refractivity contribution is 0.221. The number of nitrogens with one attached hydrogen (secondary N) is 1. The van der Waals surface area contributed by atoms with Crippen molar-refractivity contribution in [2.24, 2.45) is 0 Å². The van der Waals surface area contributed by atoms with Gasteiger partial charge in [0.15, 0.2) is 0 Å². The second-order valence-corrected chi connectivity index (χ2v) is 4.73. The van der Waals surface area contributed by atoms with Crippen LogP contribution in [0, 0.1) is 0 Å². The molecule has 0 bridgehead atoms. The van der Waals surface area contributed by atoms with E-state index in [1.54, 1.807) is 0 Å². The molecular formula is C16H20N2O. The molecule has 0 aliphatic heterocycles. The molecule has 2 aromatic carbocycles. The Bertz CT molecular complexity index is 535. The van der Waals surface area contributed by atoms with Gasteiger partial charge in [0.05, 0.1) is 0 Å². The van der Waals surface area contributed by atoms with Crippen molar-refractivity contribution in [1.29, 1.82) is 0 Å². The van der Waals surface area contributed by atoms with Crippen LogP contribution in [0.1, 0.15) is 17.2 Å². The number of hydrogen-bond donors (Lipinski definition) is 2. The molecule has 0 fully saturated rings. The Morgan fingerprint density at radius 3 is 2.21 bits per heavy atom. The monoisotopic (exact) mass is 256 g/mol. The highest BCUT2D eigenvalue weighted by Gasteiger charge is 2.15. The standard InChI is InChI=1S/C16H20N2O/c1-17-13-10-8-12(9-11-13)16(19)14-6-4-5-7-15(14)18(2)3/h4-11,16-17,19H,1-3H3. The van der Waals surface area contributed by atoms with Crippen LogP contribution >= 0.6 is 0 Å². The summed E-state index contributed by atoms with van der Waals surface area (Å²) in [5, 5.41) is 13.6. The predicted molar refractivity (Wildman–Crippen MR) is 80.8 cm³/mol. The van der Waals surface area contributed by atoms with Gasteiger partial charge in [-0.2, -0.15) is 0 Å². The lowest BCUT2D eigenvalue weighted by Gasteiger charge is -2.21. The normalized spacial score (nSPS) is 12.0. The maximum atomic E-state index is 10.5. The molecule has 0 amide bonds. The number of anilines is 2. The maximum Gasteiger partial charge on any atom is 0.106 e. The molecule has 0 aliphatic rings. The fraction of sp³-hybridized carbons (Fsp3) is 0.250. The van der Waals surface area contributed by atoms with Crippen LogP contribution in [-0.2, 0) is 0 Å². The van der Waals surface area contributed by atoms with Crippen LogP contribution in [0.4, 0.5) is 11.4 Å². The topological polar surface area (TPSA) is 35.5 Å². The number of benzene rings is 2. The number of aliphatic hydroxyl groups excluding tert-OH is 1. The predicted octanol–water partition coefficient (Wildman–Crippen LogP) is 2.88. The van der Waals surface area contributed by atoms with E-state index in [1.165, 1.54) is 0 Å². The van der Waals surface area contributed by atoms with Crippen molar-refractivity contribution < 1.29 is 5.11 Å². The third-order valence-electron chi connectivity index (χ3n) is 3.23. The molecule has 100 valence electrons. The van der Waals surface area contributed by atoms with E-state index in [1.807, 2.05) is 74.6 Å². The summed E-state index contributed by atoms with van der Waals surface area (Å²) in [6.07, 6.45) is -0.607. The first-order valence-corrected chi connectivity index (χ1v) is 6.35. The minimum absolute atomic E-state index is 0.607. The van der Waals surface area contributed by atoms with Crippen molar-refractivity contribution in [2.45, 2.75) is 6.10 Å². The maximum absolute atomic E-state index is 10.5. The van der Waals surface area contributed by atoms with Gasteiger partial charge >= 0.3 is 0 Å². The third kappa shape index (κ3) is 2.88. The molecule has 2 N–H and O–H groups in total. The molecule has 0 spiro atoms. The number of para-hydroxylation sites is 1. The lowest BCUT2D eigenvalue weighted by Crippen LogP contribution is -2.13. The quantitative estimate of drug-likeness (QED) is 0.883. The molecule has 2 aromatic rings. The molecule has 0 heterocycles. The van der Waals surface area contributed by atoms with Gasteiger partial charge < -0.3 is 15.3 Å². The summed E-state index contributed by atoms with van der Waals surface area (Å²) in [7, 11) is 5.85. The van der Waals surface area contributed by atoms with E-state index in [-0.39, 0.29) is 0 Å². The van der Waals surface area contributed by atoms with Crippen molar-refractivity contribution >= 4 is 11.4 Å². The Kier molecular flexibility index (Phi) is 4.07. The molecule has 2 rings (SSSR count). The van der Waals surface area contributed by atoms with Gasteiger partial charge in [-0.1, -0.05) is 30.3 Å². The van der Waals surface area contributed by atoms with Gasteiger partial charge in [-0.15, -0.1) is 0 Å². The minimum Gasteiger partial charge on any atom is -0.388 e. The summed E-state index contributed by atoms with van der Waals surface area (Å²) in [5.41, 5.74) is 3.89. The fourth-order valence-corrected chi connectivity index (χ4v) is 2.14. The third-order valence-corrected chi connectivity index (χ3v) is 3.23. The lowest BCUT2D eigenvalue weighted by atomic mass is 9.99. The van der Waals surface area contributed by atoms with Crippen LogP contribution < -0.4 is 10.2 Å². The van der Waals surface area contributed by atoms with Gasteiger partial charge in [0.1, 0.15) is 6.10 Å². The second kappa shape index (κ2) is 5.76. The summed E-state index contributed by atoms with van der Waals surface area (Å²) in [4.78, 5) is 2.01. The Balaban J connectivity index is 2.35. The summed E-state index contributed by atoms with van der Waals surface area (Å²) < 4.78 is 0. The second-order valence-electron chi connectivity index (χ2n) is 4.73. The SMILES string of the molecule is CNc1ccc(C(O)c2ccccc2N(C)C)cc1. The zero-order chi connectivity index (χ0) is 13.8. The average molecular weight is 256 g/mol. The highest BCUT2D eigenvalue weighted by Crippen LogP contribution is 2.30. The molecule has 0 radical (unpaired) electrons. The highest BCUT2D eigenvalue weighted by molar-refractivity contribution is 5.56. The molecule has 19 heavy (non-hydrogen) atoms. The number of hydrogen-bond acceptors (Lipinski definition) is 3. The van der Waals surface area contributed by atoms with Crippen LogP contribution in [-0.4, -0.2) is 26.2 Å². The van der Waals surface area contributed by atoms with Crippen molar-refractivity contribution in [3.8, 4) is 0 Å². The fourth-order valence-electron chi connectivity index (χ4n) is 2.14. The first-order chi connectivity index (χ1) is 9.13. The van der Waals surface area contributed by atoms with Crippen molar-refractivity contribution in [2.75, 3.05) is 31.4 Å². The molecule has 1 unspecified atom stereocenters. The first-order valence-electron chi connectivity index (χ1n) is 6.35. The molecular weight excluding hydrogens is 236 g/mol. The largest absolute Gasteiger partial charge is 0.388 e. The van der Waals surface area contributed by atoms with Crippen molar-refractivity contribution in [1.82, 2.24) is 0 Å². The zero-order valence-electron chi connectivity index (χ0n) is 11.6. The van der Waals surface area contributed by atoms with Crippen LogP contribution in [0.15, 0.2) is 48.5 Å². The van der Waals surface area contributed by atoms with E-state index in [2.05, 4.69) is 5.32 Å².